The molecule has 2 atom stereocenters. The highest BCUT2D eigenvalue weighted by molar-refractivity contribution is 8.00. The summed E-state index contributed by atoms with van der Waals surface area (Å²) in [6.45, 7) is 0. The molecule has 0 spiro atoms. The fraction of sp³-hybridized carbons (Fsp3) is 0.385. The lowest BCUT2D eigenvalue weighted by molar-refractivity contribution is -0.141. The van der Waals surface area contributed by atoms with Crippen LogP contribution >= 0.6 is 11.8 Å². The maximum absolute atomic E-state index is 12.6. The molecule has 1 aliphatic heterocycles. The molecule has 0 aliphatic carbocycles. The van der Waals surface area contributed by atoms with E-state index < -0.39 is 34.9 Å². The number of carboxylic acids is 1. The first-order valence-electron chi connectivity index (χ1n) is 6.08. The highest BCUT2D eigenvalue weighted by atomic mass is 32.2. The van der Waals surface area contributed by atoms with Gasteiger partial charge in [0.1, 0.15) is 6.04 Å². The monoisotopic (exact) mass is 319 g/mol. The number of aliphatic carboxylic acids is 1. The van der Waals surface area contributed by atoms with Gasteiger partial charge < -0.3 is 10.4 Å². The number of carboxylic acid groups (broad SMARTS) is 1. The number of nitrogens with one attached hydrogen (secondary N) is 1. The molecule has 1 heterocycles. The van der Waals surface area contributed by atoms with E-state index in [9.17, 15) is 22.8 Å². The number of amides is 1. The second kappa shape index (κ2) is 5.97. The maximum Gasteiger partial charge on any atom is 0.416 e. The van der Waals surface area contributed by atoms with Crippen molar-refractivity contribution in [1.82, 2.24) is 5.32 Å². The Balaban J connectivity index is 2.06. The molecule has 1 aromatic rings. The Kier molecular flexibility index (Phi) is 4.46. The summed E-state index contributed by atoms with van der Waals surface area (Å²) in [5.41, 5.74) is -0.365. The zero-order valence-corrected chi connectivity index (χ0v) is 11.5. The number of carbonyl (C=O) groups excluding carboxylic acids is 1. The van der Waals surface area contributed by atoms with Crippen molar-refractivity contribution in [1.29, 1.82) is 0 Å². The molecule has 21 heavy (non-hydrogen) atoms. The average molecular weight is 319 g/mol. The van der Waals surface area contributed by atoms with Gasteiger partial charge in [-0.25, -0.2) is 4.79 Å². The Labute approximate surface area is 122 Å². The summed E-state index contributed by atoms with van der Waals surface area (Å²) in [5.74, 6) is -1.38. The zero-order chi connectivity index (χ0) is 15.6. The molecule has 1 amide bonds. The van der Waals surface area contributed by atoms with Gasteiger partial charge in [-0.05, 0) is 18.1 Å². The fourth-order valence-corrected chi connectivity index (χ4v) is 3.15. The minimum absolute atomic E-state index is 0.132. The van der Waals surface area contributed by atoms with Crippen molar-refractivity contribution >= 4 is 23.6 Å². The minimum atomic E-state index is -4.42. The number of hydrogen-bond donors (Lipinski definition) is 2. The molecule has 2 N–H and O–H groups in total. The van der Waals surface area contributed by atoms with Crippen LogP contribution in [0.4, 0.5) is 13.2 Å². The summed E-state index contributed by atoms with van der Waals surface area (Å²) in [5, 5.41) is 10.6. The molecule has 1 aromatic carbocycles. The van der Waals surface area contributed by atoms with E-state index in [1.165, 1.54) is 12.1 Å². The normalized spacial score (nSPS) is 22.7. The topological polar surface area (TPSA) is 66.4 Å². The number of halogens is 3. The van der Waals surface area contributed by atoms with Crippen LogP contribution in [0.1, 0.15) is 11.1 Å². The SMILES string of the molecule is O=C(O)[C@@H]1CS[C@H](Cc2cccc(C(F)(F)F)c2)C(=O)N1. The van der Waals surface area contributed by atoms with Crippen molar-refractivity contribution in [3.63, 3.8) is 0 Å². The van der Waals surface area contributed by atoms with Crippen molar-refractivity contribution in [2.75, 3.05) is 5.75 Å². The highest BCUT2D eigenvalue weighted by Gasteiger charge is 2.33. The van der Waals surface area contributed by atoms with Gasteiger partial charge in [-0.15, -0.1) is 11.8 Å². The first-order valence-corrected chi connectivity index (χ1v) is 7.13. The number of carbonyl (C=O) groups is 2. The molecule has 2 rings (SSSR count). The molecule has 1 saturated heterocycles. The zero-order valence-electron chi connectivity index (χ0n) is 10.7. The highest BCUT2D eigenvalue weighted by Crippen LogP contribution is 2.30. The maximum atomic E-state index is 12.6. The third-order valence-electron chi connectivity index (χ3n) is 3.05. The van der Waals surface area contributed by atoms with Gasteiger partial charge in [0, 0.05) is 5.75 Å². The van der Waals surface area contributed by atoms with Gasteiger partial charge in [-0.3, -0.25) is 4.79 Å². The summed E-state index contributed by atoms with van der Waals surface area (Å²) in [4.78, 5) is 22.5. The van der Waals surface area contributed by atoms with Gasteiger partial charge in [0.2, 0.25) is 5.91 Å². The minimum Gasteiger partial charge on any atom is -0.480 e. The van der Waals surface area contributed by atoms with Crippen LogP contribution in [0.2, 0.25) is 0 Å². The summed E-state index contributed by atoms with van der Waals surface area (Å²) >= 11 is 1.14. The van der Waals surface area contributed by atoms with Crippen LogP contribution in [0.25, 0.3) is 0 Å². The summed E-state index contributed by atoms with van der Waals surface area (Å²) < 4.78 is 37.8. The van der Waals surface area contributed by atoms with E-state index in [1.807, 2.05) is 0 Å². The molecule has 1 fully saturated rings. The Morgan fingerprint density at radius 1 is 1.43 bits per heavy atom. The van der Waals surface area contributed by atoms with E-state index >= 15 is 0 Å². The van der Waals surface area contributed by atoms with Gasteiger partial charge in [0.15, 0.2) is 0 Å². The Hall–Kier alpha value is -1.70. The van der Waals surface area contributed by atoms with E-state index in [2.05, 4.69) is 5.32 Å². The lowest BCUT2D eigenvalue weighted by atomic mass is 10.1. The third kappa shape index (κ3) is 3.90. The molecule has 0 aromatic heterocycles. The lowest BCUT2D eigenvalue weighted by Crippen LogP contribution is -2.51. The lowest BCUT2D eigenvalue weighted by Gasteiger charge is -2.26. The molecular formula is C13H12F3NO3S. The van der Waals surface area contributed by atoms with Gasteiger partial charge >= 0.3 is 12.1 Å². The van der Waals surface area contributed by atoms with Crippen LogP contribution in [0.5, 0.6) is 0 Å². The molecule has 4 nitrogen and oxygen atoms in total. The molecule has 1 aliphatic rings. The Morgan fingerprint density at radius 3 is 2.71 bits per heavy atom. The number of hydrogen-bond acceptors (Lipinski definition) is 3. The van der Waals surface area contributed by atoms with Crippen molar-refractivity contribution in [3.8, 4) is 0 Å². The van der Waals surface area contributed by atoms with E-state index in [4.69, 9.17) is 5.11 Å². The summed E-state index contributed by atoms with van der Waals surface area (Å²) in [7, 11) is 0. The Morgan fingerprint density at radius 2 is 2.14 bits per heavy atom. The predicted octanol–water partition coefficient (Wildman–Crippen LogP) is 1.93. The van der Waals surface area contributed by atoms with Crippen LogP contribution in [-0.2, 0) is 22.2 Å². The number of benzene rings is 1. The largest absolute Gasteiger partial charge is 0.480 e. The quantitative estimate of drug-likeness (QED) is 0.893. The van der Waals surface area contributed by atoms with Crippen LogP contribution < -0.4 is 5.32 Å². The number of thioether (sulfide) groups is 1. The van der Waals surface area contributed by atoms with Crippen LogP contribution in [0.3, 0.4) is 0 Å². The first-order chi connectivity index (χ1) is 9.77. The van der Waals surface area contributed by atoms with Gasteiger partial charge in [0.25, 0.3) is 0 Å². The second-order valence-electron chi connectivity index (χ2n) is 4.62. The van der Waals surface area contributed by atoms with E-state index in [1.54, 1.807) is 0 Å². The second-order valence-corrected chi connectivity index (χ2v) is 5.86. The smallest absolute Gasteiger partial charge is 0.416 e. The number of alkyl halides is 3. The van der Waals surface area contributed by atoms with Crippen molar-refractivity contribution in [2.45, 2.75) is 23.9 Å². The molecule has 8 heteroatoms. The molecule has 114 valence electrons. The molecule has 0 bridgehead atoms. The van der Waals surface area contributed by atoms with Crippen LogP contribution in [-0.4, -0.2) is 34.0 Å². The van der Waals surface area contributed by atoms with E-state index in [0.29, 0.717) is 5.56 Å². The first kappa shape index (κ1) is 15.7. The van der Waals surface area contributed by atoms with Crippen molar-refractivity contribution < 1.29 is 27.9 Å². The van der Waals surface area contributed by atoms with Gasteiger partial charge in [-0.2, -0.15) is 13.2 Å². The van der Waals surface area contributed by atoms with Crippen LogP contribution in [0.15, 0.2) is 24.3 Å². The number of rotatable bonds is 3. The van der Waals surface area contributed by atoms with Crippen molar-refractivity contribution in [3.05, 3.63) is 35.4 Å². The molecule has 0 saturated carbocycles. The van der Waals surface area contributed by atoms with E-state index in [0.717, 1.165) is 23.9 Å². The van der Waals surface area contributed by atoms with E-state index in [-0.39, 0.29) is 12.2 Å². The Bertz CT molecular complexity index is 562. The fourth-order valence-electron chi connectivity index (χ4n) is 1.97. The standard InChI is InChI=1S/C13H12F3NO3S/c14-13(15,16)8-3-1-2-7(4-8)5-10-11(18)17-9(6-21-10)12(19)20/h1-4,9-10H,5-6H2,(H,17,18)(H,19,20)/t9-,10+/m0/s1. The third-order valence-corrected chi connectivity index (χ3v) is 4.36. The summed E-state index contributed by atoms with van der Waals surface area (Å²) in [6, 6.07) is 3.85. The van der Waals surface area contributed by atoms with Crippen LogP contribution in [0, 0.1) is 0 Å². The predicted molar refractivity (Wildman–Crippen MR) is 71.0 cm³/mol. The molecule has 0 radical (unpaired) electrons. The van der Waals surface area contributed by atoms with Gasteiger partial charge in [0.05, 0.1) is 10.8 Å². The molecule has 0 unspecified atom stereocenters. The summed E-state index contributed by atoms with van der Waals surface area (Å²) in [6.07, 6.45) is -4.29. The average Bonchev–Trinajstić information content (AvgIpc) is 2.40. The van der Waals surface area contributed by atoms with Crippen molar-refractivity contribution in [2.24, 2.45) is 0 Å². The van der Waals surface area contributed by atoms with Gasteiger partial charge in [-0.1, -0.05) is 18.2 Å². The molecular weight excluding hydrogens is 307 g/mol.